The van der Waals surface area contributed by atoms with Crippen molar-refractivity contribution in [2.24, 2.45) is 5.92 Å². The van der Waals surface area contributed by atoms with Gasteiger partial charge in [0.15, 0.2) is 0 Å². The van der Waals surface area contributed by atoms with E-state index in [0.717, 1.165) is 19.6 Å². The quantitative estimate of drug-likeness (QED) is 0.852. The highest BCUT2D eigenvalue weighted by molar-refractivity contribution is 7.07. The summed E-state index contributed by atoms with van der Waals surface area (Å²) in [6.07, 6.45) is 2.82. The summed E-state index contributed by atoms with van der Waals surface area (Å²) < 4.78 is 5.70. The lowest BCUT2D eigenvalue weighted by Crippen LogP contribution is -2.29. The van der Waals surface area contributed by atoms with Gasteiger partial charge in [-0.25, -0.2) is 0 Å². The predicted molar refractivity (Wildman–Crippen MR) is 68.9 cm³/mol. The normalized spacial score (nSPS) is 27.1. The molecule has 0 saturated carbocycles. The second-order valence-corrected chi connectivity index (χ2v) is 5.33. The fourth-order valence-electron chi connectivity index (χ4n) is 2.34. The number of ether oxygens (including phenoxy) is 1. The topological polar surface area (TPSA) is 21.3 Å². The van der Waals surface area contributed by atoms with Crippen LogP contribution in [0.1, 0.15) is 38.3 Å². The molecule has 1 aromatic rings. The molecule has 2 nitrogen and oxygen atoms in total. The van der Waals surface area contributed by atoms with E-state index in [9.17, 15) is 0 Å². The van der Waals surface area contributed by atoms with Crippen molar-refractivity contribution < 1.29 is 4.74 Å². The van der Waals surface area contributed by atoms with Crippen LogP contribution in [0.2, 0.25) is 0 Å². The van der Waals surface area contributed by atoms with Crippen LogP contribution in [0.25, 0.3) is 0 Å². The Morgan fingerprint density at radius 1 is 1.62 bits per heavy atom. The first kappa shape index (κ1) is 12.1. The summed E-state index contributed by atoms with van der Waals surface area (Å²) in [5, 5.41) is 7.98. The summed E-state index contributed by atoms with van der Waals surface area (Å²) in [6.45, 7) is 6.47. The minimum atomic E-state index is 0.462. The lowest BCUT2D eigenvalue weighted by atomic mass is 9.99. The molecule has 1 aromatic heterocycles. The first-order valence-corrected chi connectivity index (χ1v) is 7.12. The van der Waals surface area contributed by atoms with E-state index in [2.05, 4.69) is 36.0 Å². The number of rotatable bonds is 5. The van der Waals surface area contributed by atoms with Gasteiger partial charge in [0.25, 0.3) is 0 Å². The molecular weight excluding hydrogens is 218 g/mol. The molecule has 0 amide bonds. The van der Waals surface area contributed by atoms with Gasteiger partial charge in [0.1, 0.15) is 0 Å². The lowest BCUT2D eigenvalue weighted by Gasteiger charge is -2.20. The van der Waals surface area contributed by atoms with Gasteiger partial charge in [0.2, 0.25) is 0 Å². The first-order chi connectivity index (χ1) is 7.81. The first-order valence-electron chi connectivity index (χ1n) is 6.18. The molecule has 1 saturated heterocycles. The Bertz CT molecular complexity index is 299. The van der Waals surface area contributed by atoms with E-state index >= 15 is 0 Å². The smallest absolute Gasteiger partial charge is 0.0613 e. The van der Waals surface area contributed by atoms with Gasteiger partial charge >= 0.3 is 0 Å². The summed E-state index contributed by atoms with van der Waals surface area (Å²) in [7, 11) is 0. The standard InChI is InChI=1S/C13H21NOS/c1-3-13-11(4-6-15-13)8-14-10(2)12-5-7-16-9-12/h5,7,9-11,13-14H,3-4,6,8H2,1-2H3. The third-order valence-electron chi connectivity index (χ3n) is 3.48. The monoisotopic (exact) mass is 239 g/mol. The van der Waals surface area contributed by atoms with Crippen LogP contribution in [0.3, 0.4) is 0 Å². The molecule has 0 radical (unpaired) electrons. The van der Waals surface area contributed by atoms with Gasteiger partial charge in [0, 0.05) is 19.2 Å². The van der Waals surface area contributed by atoms with Crippen LogP contribution in [0.15, 0.2) is 16.8 Å². The molecule has 1 aliphatic heterocycles. The van der Waals surface area contributed by atoms with Crippen molar-refractivity contribution in [3.8, 4) is 0 Å². The van der Waals surface area contributed by atoms with Crippen molar-refractivity contribution in [3.05, 3.63) is 22.4 Å². The zero-order valence-electron chi connectivity index (χ0n) is 10.1. The van der Waals surface area contributed by atoms with Crippen molar-refractivity contribution in [1.29, 1.82) is 0 Å². The number of nitrogens with one attached hydrogen (secondary N) is 1. The van der Waals surface area contributed by atoms with Crippen LogP contribution < -0.4 is 5.32 Å². The van der Waals surface area contributed by atoms with E-state index in [1.807, 2.05) is 0 Å². The summed E-state index contributed by atoms with van der Waals surface area (Å²) >= 11 is 1.77. The molecule has 2 rings (SSSR count). The van der Waals surface area contributed by atoms with Crippen LogP contribution in [0.4, 0.5) is 0 Å². The van der Waals surface area contributed by atoms with E-state index < -0.39 is 0 Å². The van der Waals surface area contributed by atoms with Gasteiger partial charge in [-0.3, -0.25) is 0 Å². The van der Waals surface area contributed by atoms with Crippen molar-refractivity contribution >= 4 is 11.3 Å². The van der Waals surface area contributed by atoms with Gasteiger partial charge in [-0.2, -0.15) is 11.3 Å². The molecule has 3 unspecified atom stereocenters. The van der Waals surface area contributed by atoms with Crippen LogP contribution in [-0.2, 0) is 4.74 Å². The Labute approximate surface area is 102 Å². The predicted octanol–water partition coefficient (Wildman–Crippen LogP) is 3.21. The Morgan fingerprint density at radius 2 is 2.50 bits per heavy atom. The highest BCUT2D eigenvalue weighted by atomic mass is 32.1. The Hall–Kier alpha value is -0.380. The van der Waals surface area contributed by atoms with Crippen molar-refractivity contribution in [2.45, 2.75) is 38.8 Å². The molecule has 1 fully saturated rings. The summed E-state index contributed by atoms with van der Waals surface area (Å²) in [5.74, 6) is 0.700. The maximum Gasteiger partial charge on any atom is 0.0613 e. The number of thiophene rings is 1. The molecule has 0 aliphatic carbocycles. The summed E-state index contributed by atoms with van der Waals surface area (Å²) in [5.41, 5.74) is 1.40. The van der Waals surface area contributed by atoms with E-state index in [0.29, 0.717) is 18.1 Å². The average Bonchev–Trinajstić information content (AvgIpc) is 2.96. The van der Waals surface area contributed by atoms with Crippen LogP contribution in [0, 0.1) is 5.92 Å². The highest BCUT2D eigenvalue weighted by Gasteiger charge is 2.26. The largest absolute Gasteiger partial charge is 0.378 e. The van der Waals surface area contributed by atoms with E-state index in [1.54, 1.807) is 11.3 Å². The van der Waals surface area contributed by atoms with E-state index in [-0.39, 0.29) is 0 Å². The van der Waals surface area contributed by atoms with Crippen LogP contribution >= 0.6 is 11.3 Å². The molecule has 1 N–H and O–H groups in total. The molecule has 0 spiro atoms. The van der Waals surface area contributed by atoms with E-state index in [1.165, 1.54) is 12.0 Å². The Balaban J connectivity index is 1.78. The maximum absolute atomic E-state index is 5.70. The maximum atomic E-state index is 5.70. The van der Waals surface area contributed by atoms with Gasteiger partial charge in [0.05, 0.1) is 6.10 Å². The third kappa shape index (κ3) is 2.84. The summed E-state index contributed by atoms with van der Waals surface area (Å²) in [4.78, 5) is 0. The number of hydrogen-bond acceptors (Lipinski definition) is 3. The second-order valence-electron chi connectivity index (χ2n) is 4.55. The van der Waals surface area contributed by atoms with Crippen LogP contribution in [-0.4, -0.2) is 19.3 Å². The highest BCUT2D eigenvalue weighted by Crippen LogP contribution is 2.24. The van der Waals surface area contributed by atoms with Crippen LogP contribution in [0.5, 0.6) is 0 Å². The zero-order chi connectivity index (χ0) is 11.4. The molecule has 16 heavy (non-hydrogen) atoms. The zero-order valence-corrected chi connectivity index (χ0v) is 10.9. The fourth-order valence-corrected chi connectivity index (χ4v) is 3.10. The minimum Gasteiger partial charge on any atom is -0.378 e. The molecule has 2 heterocycles. The Kier molecular flexibility index (Phi) is 4.38. The van der Waals surface area contributed by atoms with Gasteiger partial charge in [-0.15, -0.1) is 0 Å². The number of hydrogen-bond donors (Lipinski definition) is 1. The van der Waals surface area contributed by atoms with Crippen molar-refractivity contribution in [1.82, 2.24) is 5.32 Å². The molecular formula is C13H21NOS. The average molecular weight is 239 g/mol. The molecule has 90 valence electrons. The third-order valence-corrected chi connectivity index (χ3v) is 4.18. The van der Waals surface area contributed by atoms with E-state index in [4.69, 9.17) is 4.74 Å². The minimum absolute atomic E-state index is 0.462. The molecule has 3 atom stereocenters. The lowest BCUT2D eigenvalue weighted by molar-refractivity contribution is 0.0867. The van der Waals surface area contributed by atoms with Crippen molar-refractivity contribution in [3.63, 3.8) is 0 Å². The van der Waals surface area contributed by atoms with Gasteiger partial charge in [-0.1, -0.05) is 6.92 Å². The molecule has 0 bridgehead atoms. The molecule has 1 aliphatic rings. The van der Waals surface area contributed by atoms with Crippen molar-refractivity contribution in [2.75, 3.05) is 13.2 Å². The molecule has 3 heteroatoms. The van der Waals surface area contributed by atoms with Gasteiger partial charge < -0.3 is 10.1 Å². The summed E-state index contributed by atoms with van der Waals surface area (Å²) in [6, 6.07) is 2.66. The Morgan fingerprint density at radius 3 is 3.19 bits per heavy atom. The molecule has 0 aromatic carbocycles. The van der Waals surface area contributed by atoms with Gasteiger partial charge in [-0.05, 0) is 48.1 Å². The second kappa shape index (κ2) is 5.80. The SMILES string of the molecule is CCC1OCCC1CNC(C)c1ccsc1. The fraction of sp³-hybridized carbons (Fsp3) is 0.692.